The molecule has 0 aromatic heterocycles. The van der Waals surface area contributed by atoms with Crippen molar-refractivity contribution in [2.75, 3.05) is 7.11 Å². The molecular weight excluding hydrogens is 341 g/mol. The molecule has 0 spiro atoms. The standard InChI is InChI=1S/C16H21Cl2NO4/c1-9(2)6-14(20)15(21)19-13(16(22)23-3)7-10-4-5-11(17)8-12(10)18/h4-5,8-9,13-14,20H,6-7H2,1-3H3,(H,19,21)/t13-,14+/m1/s1. The number of halogens is 2. The van der Waals surface area contributed by atoms with E-state index in [0.29, 0.717) is 22.0 Å². The minimum atomic E-state index is -1.18. The van der Waals surface area contributed by atoms with E-state index in [0.717, 1.165) is 0 Å². The summed E-state index contributed by atoms with van der Waals surface area (Å²) in [6, 6.07) is 3.94. The van der Waals surface area contributed by atoms with Crippen LogP contribution in [0.1, 0.15) is 25.8 Å². The molecule has 1 aromatic rings. The van der Waals surface area contributed by atoms with Gasteiger partial charge in [-0.2, -0.15) is 0 Å². The number of esters is 1. The highest BCUT2D eigenvalue weighted by molar-refractivity contribution is 6.35. The summed E-state index contributed by atoms with van der Waals surface area (Å²) in [5.74, 6) is -1.07. The molecule has 0 bridgehead atoms. The first-order valence-electron chi connectivity index (χ1n) is 7.24. The lowest BCUT2D eigenvalue weighted by molar-refractivity contribution is -0.146. The first-order chi connectivity index (χ1) is 10.7. The van der Waals surface area contributed by atoms with Crippen LogP contribution >= 0.6 is 23.2 Å². The van der Waals surface area contributed by atoms with Crippen molar-refractivity contribution in [2.45, 2.75) is 38.8 Å². The average Bonchev–Trinajstić information content (AvgIpc) is 2.47. The van der Waals surface area contributed by atoms with Crippen LogP contribution < -0.4 is 5.32 Å². The smallest absolute Gasteiger partial charge is 0.328 e. The van der Waals surface area contributed by atoms with Crippen molar-refractivity contribution in [1.29, 1.82) is 0 Å². The number of amides is 1. The molecule has 0 aliphatic carbocycles. The van der Waals surface area contributed by atoms with Crippen LogP contribution in [-0.4, -0.2) is 36.2 Å². The van der Waals surface area contributed by atoms with Gasteiger partial charge >= 0.3 is 5.97 Å². The van der Waals surface area contributed by atoms with Gasteiger partial charge in [0, 0.05) is 16.5 Å². The molecule has 2 N–H and O–H groups in total. The van der Waals surface area contributed by atoms with Crippen molar-refractivity contribution >= 4 is 35.1 Å². The van der Waals surface area contributed by atoms with E-state index < -0.39 is 24.0 Å². The van der Waals surface area contributed by atoms with Gasteiger partial charge in [-0.15, -0.1) is 0 Å². The van der Waals surface area contributed by atoms with E-state index in [1.165, 1.54) is 7.11 Å². The van der Waals surface area contributed by atoms with Gasteiger partial charge in [0.05, 0.1) is 7.11 Å². The Morgan fingerprint density at radius 1 is 1.30 bits per heavy atom. The maximum absolute atomic E-state index is 12.0. The van der Waals surface area contributed by atoms with Crippen molar-refractivity contribution in [3.8, 4) is 0 Å². The van der Waals surface area contributed by atoms with Crippen LogP contribution in [0.2, 0.25) is 10.0 Å². The van der Waals surface area contributed by atoms with E-state index >= 15 is 0 Å². The molecule has 0 aliphatic rings. The SMILES string of the molecule is COC(=O)[C@@H](Cc1ccc(Cl)cc1Cl)NC(=O)[C@@H](O)CC(C)C. The minimum absolute atomic E-state index is 0.142. The Hall–Kier alpha value is -1.30. The molecule has 128 valence electrons. The van der Waals surface area contributed by atoms with Gasteiger partial charge in [0.15, 0.2) is 0 Å². The third-order valence-electron chi connectivity index (χ3n) is 3.24. The molecule has 23 heavy (non-hydrogen) atoms. The maximum atomic E-state index is 12.0. The maximum Gasteiger partial charge on any atom is 0.328 e. The minimum Gasteiger partial charge on any atom is -0.467 e. The Labute approximate surface area is 145 Å². The Bertz CT molecular complexity index is 563. The molecule has 0 heterocycles. The number of carbonyl (C=O) groups excluding carboxylic acids is 2. The molecule has 1 aromatic carbocycles. The number of benzene rings is 1. The fourth-order valence-corrected chi connectivity index (χ4v) is 2.55. The zero-order valence-electron chi connectivity index (χ0n) is 13.3. The molecule has 0 aliphatic heterocycles. The first kappa shape index (κ1) is 19.7. The Morgan fingerprint density at radius 3 is 2.48 bits per heavy atom. The number of aliphatic hydroxyl groups excluding tert-OH is 1. The van der Waals surface area contributed by atoms with Crippen molar-refractivity contribution in [1.82, 2.24) is 5.32 Å². The van der Waals surface area contributed by atoms with Crippen LogP contribution in [0.25, 0.3) is 0 Å². The third kappa shape index (κ3) is 6.37. The van der Waals surface area contributed by atoms with Gasteiger partial charge in [-0.1, -0.05) is 43.1 Å². The van der Waals surface area contributed by atoms with Gasteiger partial charge in [-0.05, 0) is 30.0 Å². The van der Waals surface area contributed by atoms with E-state index in [9.17, 15) is 14.7 Å². The summed E-state index contributed by atoms with van der Waals surface area (Å²) in [7, 11) is 1.23. The van der Waals surface area contributed by atoms with E-state index in [-0.39, 0.29) is 12.3 Å². The lowest BCUT2D eigenvalue weighted by atomic mass is 10.0. The van der Waals surface area contributed by atoms with E-state index in [2.05, 4.69) is 5.32 Å². The Morgan fingerprint density at radius 2 is 1.96 bits per heavy atom. The zero-order valence-corrected chi connectivity index (χ0v) is 14.8. The summed E-state index contributed by atoms with van der Waals surface area (Å²) in [5.41, 5.74) is 0.644. The second-order valence-electron chi connectivity index (χ2n) is 5.67. The number of methoxy groups -OCH3 is 1. The first-order valence-corrected chi connectivity index (χ1v) is 8.00. The summed E-state index contributed by atoms with van der Waals surface area (Å²) in [6.45, 7) is 3.78. The molecule has 0 fully saturated rings. The normalized spacial score (nSPS) is 13.5. The van der Waals surface area contributed by atoms with Crippen molar-refractivity contribution in [3.63, 3.8) is 0 Å². The van der Waals surface area contributed by atoms with Crippen molar-refractivity contribution < 1.29 is 19.4 Å². The summed E-state index contributed by atoms with van der Waals surface area (Å²) in [5, 5.41) is 13.2. The third-order valence-corrected chi connectivity index (χ3v) is 3.83. The number of ether oxygens (including phenoxy) is 1. The lowest BCUT2D eigenvalue weighted by Crippen LogP contribution is -2.47. The summed E-state index contributed by atoms with van der Waals surface area (Å²) in [6.07, 6.45) is -0.729. The molecule has 0 radical (unpaired) electrons. The second kappa shape index (κ2) is 9.11. The molecule has 7 heteroatoms. The summed E-state index contributed by atoms with van der Waals surface area (Å²) < 4.78 is 4.71. The van der Waals surface area contributed by atoms with Gasteiger partial charge in [0.2, 0.25) is 5.91 Å². The van der Waals surface area contributed by atoms with Gasteiger partial charge in [-0.3, -0.25) is 4.79 Å². The highest BCUT2D eigenvalue weighted by Crippen LogP contribution is 2.22. The number of hydrogen-bond acceptors (Lipinski definition) is 4. The number of aliphatic hydroxyl groups is 1. The van der Waals surface area contributed by atoms with Gasteiger partial charge in [0.25, 0.3) is 0 Å². The molecule has 0 unspecified atom stereocenters. The Kier molecular flexibility index (Phi) is 7.82. The fourth-order valence-electron chi connectivity index (χ4n) is 2.06. The summed E-state index contributed by atoms with van der Waals surface area (Å²) in [4.78, 5) is 23.9. The van der Waals surface area contributed by atoms with Crippen LogP contribution in [0.5, 0.6) is 0 Å². The number of nitrogens with one attached hydrogen (secondary N) is 1. The highest BCUT2D eigenvalue weighted by atomic mass is 35.5. The van der Waals surface area contributed by atoms with Crippen molar-refractivity contribution in [2.24, 2.45) is 5.92 Å². The van der Waals surface area contributed by atoms with E-state index in [1.54, 1.807) is 18.2 Å². The van der Waals surface area contributed by atoms with E-state index in [1.807, 2.05) is 13.8 Å². The molecule has 0 saturated carbocycles. The number of hydrogen-bond donors (Lipinski definition) is 2. The van der Waals surface area contributed by atoms with Gasteiger partial charge in [-0.25, -0.2) is 4.79 Å². The topological polar surface area (TPSA) is 75.6 Å². The van der Waals surface area contributed by atoms with Crippen LogP contribution in [0.15, 0.2) is 18.2 Å². The van der Waals surface area contributed by atoms with Crippen molar-refractivity contribution in [3.05, 3.63) is 33.8 Å². The predicted octanol–water partition coefficient (Wildman–Crippen LogP) is 2.60. The lowest BCUT2D eigenvalue weighted by Gasteiger charge is -2.20. The Balaban J connectivity index is 2.84. The van der Waals surface area contributed by atoms with E-state index in [4.69, 9.17) is 27.9 Å². The van der Waals surface area contributed by atoms with Crippen LogP contribution in [0.3, 0.4) is 0 Å². The second-order valence-corrected chi connectivity index (χ2v) is 6.51. The molecule has 2 atom stereocenters. The van der Waals surface area contributed by atoms with Crippen LogP contribution in [0.4, 0.5) is 0 Å². The number of carbonyl (C=O) groups is 2. The zero-order chi connectivity index (χ0) is 17.6. The van der Waals surface area contributed by atoms with Gasteiger partial charge in [0.1, 0.15) is 12.1 Å². The quantitative estimate of drug-likeness (QED) is 0.731. The largest absolute Gasteiger partial charge is 0.467 e. The molecular formula is C16H21Cl2NO4. The fraction of sp³-hybridized carbons (Fsp3) is 0.500. The van der Waals surface area contributed by atoms with Gasteiger partial charge < -0.3 is 15.2 Å². The monoisotopic (exact) mass is 361 g/mol. The highest BCUT2D eigenvalue weighted by Gasteiger charge is 2.26. The van der Waals surface area contributed by atoms with Crippen LogP contribution in [0, 0.1) is 5.92 Å². The predicted molar refractivity (Wildman–Crippen MR) is 89.6 cm³/mol. The number of rotatable bonds is 7. The molecule has 1 rings (SSSR count). The molecule has 1 amide bonds. The summed E-state index contributed by atoms with van der Waals surface area (Å²) >= 11 is 11.9. The van der Waals surface area contributed by atoms with Crippen LogP contribution in [-0.2, 0) is 20.7 Å². The molecule has 5 nitrogen and oxygen atoms in total. The average molecular weight is 362 g/mol. The molecule has 0 saturated heterocycles.